The molecule has 3 aromatic rings. The third kappa shape index (κ3) is 1.99. The van der Waals surface area contributed by atoms with Crippen LogP contribution in [-0.4, -0.2) is 19.5 Å². The number of hydrogen-bond donors (Lipinski definition) is 1. The first-order chi connectivity index (χ1) is 9.67. The van der Waals surface area contributed by atoms with Crippen LogP contribution in [0, 0.1) is 11.3 Å². The zero-order chi connectivity index (χ0) is 14.1. The van der Waals surface area contributed by atoms with Crippen molar-refractivity contribution in [3.8, 4) is 17.3 Å². The van der Waals surface area contributed by atoms with Crippen molar-refractivity contribution >= 4 is 11.4 Å². The lowest BCUT2D eigenvalue weighted by Gasteiger charge is -2.01. The molecule has 0 aliphatic rings. The fourth-order valence-electron chi connectivity index (χ4n) is 1.90. The van der Waals surface area contributed by atoms with Crippen molar-refractivity contribution in [2.75, 3.05) is 0 Å². The van der Waals surface area contributed by atoms with Crippen LogP contribution in [0.2, 0.25) is 0 Å². The van der Waals surface area contributed by atoms with E-state index in [4.69, 9.17) is 5.26 Å². The van der Waals surface area contributed by atoms with E-state index in [-0.39, 0.29) is 5.76 Å². The predicted molar refractivity (Wildman–Crippen MR) is 74.8 cm³/mol. The van der Waals surface area contributed by atoms with Gasteiger partial charge in [-0.15, -0.1) is 0 Å². The van der Waals surface area contributed by atoms with E-state index in [9.17, 15) is 5.11 Å². The number of aliphatic hydroxyl groups excluding tert-OH is 1. The van der Waals surface area contributed by atoms with Gasteiger partial charge in [-0.3, -0.25) is 4.98 Å². The minimum Gasteiger partial charge on any atom is -0.506 e. The number of rotatable bonds is 2. The zero-order valence-corrected chi connectivity index (χ0v) is 10.5. The molecular weight excluding hydrogens is 252 g/mol. The molecule has 0 amide bonds. The number of nitrogens with zero attached hydrogens (tertiary/aromatic N) is 4. The second kappa shape index (κ2) is 4.52. The van der Waals surface area contributed by atoms with Crippen LogP contribution >= 0.6 is 0 Å². The second-order valence-electron chi connectivity index (χ2n) is 4.30. The van der Waals surface area contributed by atoms with Gasteiger partial charge in [-0.25, -0.2) is 4.98 Å². The number of imidazole rings is 1. The van der Waals surface area contributed by atoms with E-state index in [1.807, 2.05) is 18.3 Å². The fraction of sp³-hybridized carbons (Fsp3) is 0. The second-order valence-corrected chi connectivity index (χ2v) is 4.30. The standard InChI is InChI=1S/C15H10N4O/c1-10(20)13-8-19-9-14(17-7-15(19)18-13)12-4-2-11(6-16)3-5-12/h2-5,7-9,20H,1H2. The van der Waals surface area contributed by atoms with Gasteiger partial charge in [-0.1, -0.05) is 18.7 Å². The molecule has 5 heteroatoms. The van der Waals surface area contributed by atoms with Gasteiger partial charge < -0.3 is 9.51 Å². The first kappa shape index (κ1) is 11.9. The van der Waals surface area contributed by atoms with Crippen LogP contribution in [0.3, 0.4) is 0 Å². The van der Waals surface area contributed by atoms with E-state index < -0.39 is 0 Å². The van der Waals surface area contributed by atoms with E-state index in [0.29, 0.717) is 16.9 Å². The molecule has 0 saturated heterocycles. The van der Waals surface area contributed by atoms with Crippen LogP contribution in [0.4, 0.5) is 0 Å². The van der Waals surface area contributed by atoms with Crippen molar-refractivity contribution in [2.45, 2.75) is 0 Å². The van der Waals surface area contributed by atoms with Gasteiger partial charge in [-0.2, -0.15) is 5.26 Å². The molecule has 20 heavy (non-hydrogen) atoms. The van der Waals surface area contributed by atoms with E-state index in [1.165, 1.54) is 0 Å². The minimum atomic E-state index is -0.0753. The summed E-state index contributed by atoms with van der Waals surface area (Å²) in [5.74, 6) is -0.0753. The van der Waals surface area contributed by atoms with Gasteiger partial charge in [0.1, 0.15) is 11.5 Å². The molecule has 5 nitrogen and oxygen atoms in total. The smallest absolute Gasteiger partial charge is 0.156 e. The summed E-state index contributed by atoms with van der Waals surface area (Å²) in [4.78, 5) is 8.51. The van der Waals surface area contributed by atoms with Gasteiger partial charge in [0.05, 0.1) is 23.5 Å². The average molecular weight is 262 g/mol. The van der Waals surface area contributed by atoms with Gasteiger partial charge >= 0.3 is 0 Å². The molecular formula is C15H10N4O. The lowest BCUT2D eigenvalue weighted by molar-refractivity contribution is 0.511. The number of aliphatic hydroxyl groups is 1. The summed E-state index contributed by atoms with van der Waals surface area (Å²) in [5, 5.41) is 18.1. The maximum absolute atomic E-state index is 9.35. The van der Waals surface area contributed by atoms with Crippen molar-refractivity contribution in [3.63, 3.8) is 0 Å². The molecule has 3 rings (SSSR count). The lowest BCUT2D eigenvalue weighted by Crippen LogP contribution is -1.89. The Kier molecular flexibility index (Phi) is 2.70. The molecule has 2 heterocycles. The number of benzene rings is 1. The Bertz CT molecular complexity index is 840. The molecule has 96 valence electrons. The summed E-state index contributed by atoms with van der Waals surface area (Å²) >= 11 is 0. The summed E-state index contributed by atoms with van der Waals surface area (Å²) in [6.45, 7) is 3.45. The molecule has 0 atom stereocenters. The Morgan fingerprint density at radius 1 is 1.25 bits per heavy atom. The molecule has 0 aliphatic heterocycles. The van der Waals surface area contributed by atoms with Gasteiger partial charge in [0.2, 0.25) is 0 Å². The van der Waals surface area contributed by atoms with E-state index in [1.54, 1.807) is 28.9 Å². The van der Waals surface area contributed by atoms with Crippen molar-refractivity contribution in [3.05, 3.63) is 60.7 Å². The van der Waals surface area contributed by atoms with E-state index in [2.05, 4.69) is 22.6 Å². The molecule has 1 N–H and O–H groups in total. The van der Waals surface area contributed by atoms with Crippen molar-refractivity contribution in [1.82, 2.24) is 14.4 Å². The first-order valence-corrected chi connectivity index (χ1v) is 5.91. The first-order valence-electron chi connectivity index (χ1n) is 5.91. The van der Waals surface area contributed by atoms with Gasteiger partial charge in [-0.05, 0) is 12.1 Å². The van der Waals surface area contributed by atoms with Gasteiger partial charge in [0.15, 0.2) is 5.65 Å². The quantitative estimate of drug-likeness (QED) is 0.720. The van der Waals surface area contributed by atoms with Crippen molar-refractivity contribution in [2.24, 2.45) is 0 Å². The average Bonchev–Trinajstić information content (AvgIpc) is 2.90. The van der Waals surface area contributed by atoms with Crippen LogP contribution in [0.25, 0.3) is 22.7 Å². The van der Waals surface area contributed by atoms with Crippen LogP contribution in [0.1, 0.15) is 11.3 Å². The third-order valence-electron chi connectivity index (χ3n) is 2.95. The maximum Gasteiger partial charge on any atom is 0.156 e. The minimum absolute atomic E-state index is 0.0753. The Morgan fingerprint density at radius 3 is 2.65 bits per heavy atom. The SMILES string of the molecule is C=C(O)c1cn2cc(-c3ccc(C#N)cc3)ncc2n1. The Labute approximate surface area is 115 Å². The van der Waals surface area contributed by atoms with Crippen LogP contribution in [0.5, 0.6) is 0 Å². The van der Waals surface area contributed by atoms with Gasteiger partial charge in [0.25, 0.3) is 0 Å². The van der Waals surface area contributed by atoms with E-state index in [0.717, 1.165) is 11.3 Å². The lowest BCUT2D eigenvalue weighted by atomic mass is 10.1. The third-order valence-corrected chi connectivity index (χ3v) is 2.95. The highest BCUT2D eigenvalue weighted by Gasteiger charge is 2.06. The topological polar surface area (TPSA) is 74.2 Å². The molecule has 0 aliphatic carbocycles. The van der Waals surface area contributed by atoms with Crippen molar-refractivity contribution in [1.29, 1.82) is 5.26 Å². The molecule has 0 bridgehead atoms. The number of hydrogen-bond acceptors (Lipinski definition) is 4. The highest BCUT2D eigenvalue weighted by atomic mass is 16.3. The summed E-state index contributed by atoms with van der Waals surface area (Å²) < 4.78 is 1.78. The monoisotopic (exact) mass is 262 g/mol. The highest BCUT2D eigenvalue weighted by molar-refractivity contribution is 5.62. The fourth-order valence-corrected chi connectivity index (χ4v) is 1.90. The number of aromatic nitrogens is 3. The maximum atomic E-state index is 9.35. The summed E-state index contributed by atoms with van der Waals surface area (Å²) in [6, 6.07) is 9.26. The summed E-state index contributed by atoms with van der Waals surface area (Å²) in [7, 11) is 0. The predicted octanol–water partition coefficient (Wildman–Crippen LogP) is 2.80. The van der Waals surface area contributed by atoms with Crippen LogP contribution < -0.4 is 0 Å². The molecule has 0 saturated carbocycles. The largest absolute Gasteiger partial charge is 0.506 e. The Hall–Kier alpha value is -3.13. The molecule has 0 spiro atoms. The molecule has 0 fully saturated rings. The molecule has 2 aromatic heterocycles. The number of nitriles is 1. The van der Waals surface area contributed by atoms with Crippen LogP contribution in [0.15, 0.2) is 49.4 Å². The zero-order valence-electron chi connectivity index (χ0n) is 10.5. The van der Waals surface area contributed by atoms with E-state index >= 15 is 0 Å². The molecule has 0 radical (unpaired) electrons. The Balaban J connectivity index is 2.07. The number of fused-ring (bicyclic) bond motifs is 1. The Morgan fingerprint density at radius 2 is 2.00 bits per heavy atom. The van der Waals surface area contributed by atoms with Gasteiger partial charge in [0, 0.05) is 18.0 Å². The summed E-state index contributed by atoms with van der Waals surface area (Å²) in [5.41, 5.74) is 3.33. The molecule has 1 aromatic carbocycles. The normalized spacial score (nSPS) is 10.3. The van der Waals surface area contributed by atoms with Crippen LogP contribution in [-0.2, 0) is 0 Å². The highest BCUT2D eigenvalue weighted by Crippen LogP contribution is 2.19. The molecule has 0 unspecified atom stereocenters. The van der Waals surface area contributed by atoms with Crippen molar-refractivity contribution < 1.29 is 5.11 Å². The summed E-state index contributed by atoms with van der Waals surface area (Å²) in [6.07, 6.45) is 5.13.